The first-order chi connectivity index (χ1) is 16.3. The predicted octanol–water partition coefficient (Wildman–Crippen LogP) is 3.56. The van der Waals surface area contributed by atoms with Crippen LogP contribution in [0.3, 0.4) is 0 Å². The number of rotatable bonds is 7. The minimum Gasteiger partial charge on any atom is -0.507 e. The Kier molecular flexibility index (Phi) is 7.70. The van der Waals surface area contributed by atoms with E-state index in [9.17, 15) is 14.7 Å². The van der Waals surface area contributed by atoms with Crippen molar-refractivity contribution in [3.63, 3.8) is 0 Å². The molecule has 2 saturated heterocycles. The van der Waals surface area contributed by atoms with Crippen molar-refractivity contribution < 1.29 is 19.4 Å². The summed E-state index contributed by atoms with van der Waals surface area (Å²) in [6, 6.07) is 13.8. The Bertz CT molecular complexity index is 1060. The second kappa shape index (κ2) is 10.7. The van der Waals surface area contributed by atoms with Crippen LogP contribution >= 0.6 is 15.9 Å². The minimum absolute atomic E-state index is 0.0258. The number of amides is 1. The molecule has 2 fully saturated rings. The van der Waals surface area contributed by atoms with E-state index in [2.05, 4.69) is 26.1 Å². The monoisotopic (exact) mass is 527 g/mol. The molecule has 0 saturated carbocycles. The molecule has 8 heteroatoms. The number of aliphatic hydroxyl groups excluding tert-OH is 1. The predicted molar refractivity (Wildman–Crippen MR) is 135 cm³/mol. The summed E-state index contributed by atoms with van der Waals surface area (Å²) >= 11 is 3.45. The smallest absolute Gasteiger partial charge is 0.295 e. The maximum absolute atomic E-state index is 13.2. The van der Waals surface area contributed by atoms with Crippen LogP contribution in [-0.2, 0) is 9.59 Å². The lowest BCUT2D eigenvalue weighted by molar-refractivity contribution is -0.140. The highest BCUT2D eigenvalue weighted by Gasteiger charge is 2.46. The van der Waals surface area contributed by atoms with Gasteiger partial charge >= 0.3 is 0 Å². The van der Waals surface area contributed by atoms with E-state index >= 15 is 0 Å². The Morgan fingerprint density at radius 2 is 1.71 bits per heavy atom. The highest BCUT2D eigenvalue weighted by atomic mass is 79.9. The van der Waals surface area contributed by atoms with Crippen LogP contribution in [0, 0.1) is 0 Å². The second-order valence-corrected chi connectivity index (χ2v) is 9.74. The fraction of sp³-hybridized carbons (Fsp3) is 0.385. The highest BCUT2D eigenvalue weighted by molar-refractivity contribution is 9.10. The average molecular weight is 528 g/mol. The summed E-state index contributed by atoms with van der Waals surface area (Å²) in [5.41, 5.74) is 1.37. The average Bonchev–Trinajstić information content (AvgIpc) is 3.08. The number of nitrogens with one attached hydrogen (secondary N) is 1. The van der Waals surface area contributed by atoms with Gasteiger partial charge in [0, 0.05) is 49.3 Å². The number of aliphatic hydroxyl groups is 1. The molecule has 180 valence electrons. The molecular formula is C26H30BrN3O4. The quantitative estimate of drug-likeness (QED) is 0.325. The fourth-order valence-corrected chi connectivity index (χ4v) is 4.67. The molecule has 0 aromatic heterocycles. The lowest BCUT2D eigenvalue weighted by atomic mass is 9.95. The van der Waals surface area contributed by atoms with Crippen molar-refractivity contribution >= 4 is 33.4 Å². The third kappa shape index (κ3) is 5.35. The molecule has 2 N–H and O–H groups in total. The SMILES string of the molecule is CC(C)Oc1ccc(C(O)=C2C(=O)C(=O)N(CCN3CCNCC3)C2c2ccc(Br)cc2)cc1. The standard InChI is InChI=1S/C26H30BrN3O4/c1-17(2)34-21-9-5-19(6-10-21)24(31)22-23(18-3-7-20(27)8-4-18)30(26(33)25(22)32)16-15-29-13-11-28-12-14-29/h3-10,17,23,28,31H,11-16H2,1-2H3. The molecule has 2 aliphatic rings. The van der Waals surface area contributed by atoms with E-state index in [0.29, 0.717) is 24.4 Å². The van der Waals surface area contributed by atoms with E-state index in [1.54, 1.807) is 29.2 Å². The summed E-state index contributed by atoms with van der Waals surface area (Å²) in [4.78, 5) is 30.2. The van der Waals surface area contributed by atoms with Crippen LogP contribution in [0.1, 0.15) is 31.0 Å². The Morgan fingerprint density at radius 1 is 1.06 bits per heavy atom. The topological polar surface area (TPSA) is 82.1 Å². The van der Waals surface area contributed by atoms with Crippen LogP contribution in [0.5, 0.6) is 5.75 Å². The summed E-state index contributed by atoms with van der Waals surface area (Å²) in [7, 11) is 0. The molecule has 0 spiro atoms. The van der Waals surface area contributed by atoms with Crippen LogP contribution in [0.4, 0.5) is 0 Å². The zero-order valence-corrected chi connectivity index (χ0v) is 21.0. The van der Waals surface area contributed by atoms with E-state index in [0.717, 1.165) is 36.2 Å². The number of ketones is 1. The highest BCUT2D eigenvalue weighted by Crippen LogP contribution is 2.39. The van der Waals surface area contributed by atoms with Crippen LogP contribution < -0.4 is 10.1 Å². The molecule has 0 bridgehead atoms. The van der Waals surface area contributed by atoms with E-state index in [-0.39, 0.29) is 17.4 Å². The number of likely N-dealkylation sites (tertiary alicyclic amines) is 1. The van der Waals surface area contributed by atoms with Gasteiger partial charge in [-0.05, 0) is 55.8 Å². The van der Waals surface area contributed by atoms with Crippen molar-refractivity contribution in [3.05, 3.63) is 69.7 Å². The number of halogens is 1. The number of carbonyl (C=O) groups excluding carboxylic acids is 2. The fourth-order valence-electron chi connectivity index (χ4n) is 4.41. The summed E-state index contributed by atoms with van der Waals surface area (Å²) in [5, 5.41) is 14.5. The first-order valence-electron chi connectivity index (χ1n) is 11.6. The molecule has 4 rings (SSSR count). The van der Waals surface area contributed by atoms with Gasteiger partial charge in [-0.3, -0.25) is 14.5 Å². The molecule has 1 unspecified atom stereocenters. The Morgan fingerprint density at radius 3 is 2.32 bits per heavy atom. The number of piperazine rings is 1. The third-order valence-corrected chi connectivity index (χ3v) is 6.62. The van der Waals surface area contributed by atoms with Crippen molar-refractivity contribution in [1.82, 2.24) is 15.1 Å². The van der Waals surface area contributed by atoms with E-state index in [4.69, 9.17) is 4.74 Å². The zero-order valence-electron chi connectivity index (χ0n) is 19.5. The van der Waals surface area contributed by atoms with E-state index in [1.807, 2.05) is 38.1 Å². The molecule has 2 aromatic carbocycles. The summed E-state index contributed by atoms with van der Waals surface area (Å²) < 4.78 is 6.58. The first-order valence-corrected chi connectivity index (χ1v) is 12.4. The van der Waals surface area contributed by atoms with Crippen LogP contribution in [0.15, 0.2) is 58.6 Å². The number of nitrogens with zero attached hydrogens (tertiary/aromatic N) is 2. The van der Waals surface area contributed by atoms with Crippen molar-refractivity contribution in [2.45, 2.75) is 26.0 Å². The lowest BCUT2D eigenvalue weighted by Gasteiger charge is -2.31. The molecular weight excluding hydrogens is 498 g/mol. The van der Waals surface area contributed by atoms with Crippen molar-refractivity contribution in [3.8, 4) is 5.75 Å². The van der Waals surface area contributed by atoms with Gasteiger partial charge in [0.25, 0.3) is 11.7 Å². The maximum Gasteiger partial charge on any atom is 0.295 e. The van der Waals surface area contributed by atoms with E-state index in [1.165, 1.54) is 0 Å². The molecule has 2 aliphatic heterocycles. The van der Waals surface area contributed by atoms with Gasteiger partial charge in [0.05, 0.1) is 17.7 Å². The normalized spacial score (nSPS) is 20.8. The van der Waals surface area contributed by atoms with Gasteiger partial charge in [0.1, 0.15) is 11.5 Å². The summed E-state index contributed by atoms with van der Waals surface area (Å²) in [6.07, 6.45) is 0.0258. The number of hydrogen-bond acceptors (Lipinski definition) is 6. The Balaban J connectivity index is 1.69. The van der Waals surface area contributed by atoms with Gasteiger partial charge in [0.15, 0.2) is 0 Å². The van der Waals surface area contributed by atoms with Gasteiger partial charge in [-0.25, -0.2) is 0 Å². The third-order valence-electron chi connectivity index (χ3n) is 6.09. The molecule has 7 nitrogen and oxygen atoms in total. The number of Topliss-reactive ketones (excluding diaryl/α,β-unsaturated/α-hetero) is 1. The van der Waals surface area contributed by atoms with Crippen LogP contribution in [-0.4, -0.2) is 72.0 Å². The van der Waals surface area contributed by atoms with Gasteiger partial charge < -0.3 is 20.1 Å². The van der Waals surface area contributed by atoms with Crippen molar-refractivity contribution in [2.24, 2.45) is 0 Å². The summed E-state index contributed by atoms with van der Waals surface area (Å²) in [5.74, 6) is -0.739. The Hall–Kier alpha value is -2.68. The molecule has 1 amide bonds. The van der Waals surface area contributed by atoms with Crippen molar-refractivity contribution in [1.29, 1.82) is 0 Å². The Labute approximate surface area is 208 Å². The lowest BCUT2D eigenvalue weighted by Crippen LogP contribution is -2.46. The second-order valence-electron chi connectivity index (χ2n) is 8.83. The molecule has 0 aliphatic carbocycles. The molecule has 1 atom stereocenters. The number of ether oxygens (including phenoxy) is 1. The zero-order chi connectivity index (χ0) is 24.2. The number of carbonyl (C=O) groups is 2. The minimum atomic E-state index is -0.659. The molecule has 2 aromatic rings. The molecule has 0 radical (unpaired) electrons. The van der Waals surface area contributed by atoms with Crippen molar-refractivity contribution in [2.75, 3.05) is 39.3 Å². The van der Waals surface area contributed by atoms with Crippen LogP contribution in [0.25, 0.3) is 5.76 Å². The first kappa shape index (κ1) is 24.4. The van der Waals surface area contributed by atoms with Gasteiger partial charge in [-0.1, -0.05) is 28.1 Å². The number of hydrogen-bond donors (Lipinski definition) is 2. The summed E-state index contributed by atoms with van der Waals surface area (Å²) in [6.45, 7) is 8.57. The van der Waals surface area contributed by atoms with Gasteiger partial charge in [-0.15, -0.1) is 0 Å². The maximum atomic E-state index is 13.2. The van der Waals surface area contributed by atoms with Gasteiger partial charge in [-0.2, -0.15) is 0 Å². The largest absolute Gasteiger partial charge is 0.507 e. The van der Waals surface area contributed by atoms with Crippen LogP contribution in [0.2, 0.25) is 0 Å². The van der Waals surface area contributed by atoms with Gasteiger partial charge in [0.2, 0.25) is 0 Å². The van der Waals surface area contributed by atoms with E-state index < -0.39 is 17.7 Å². The number of benzene rings is 2. The molecule has 34 heavy (non-hydrogen) atoms. The molecule has 2 heterocycles.